The van der Waals surface area contributed by atoms with Crippen molar-refractivity contribution in [2.75, 3.05) is 26.8 Å². The van der Waals surface area contributed by atoms with Crippen LogP contribution in [0.1, 0.15) is 6.92 Å². The minimum absolute atomic E-state index is 0.0250. The minimum Gasteiger partial charge on any atom is -0.383 e. The highest BCUT2D eigenvalue weighted by molar-refractivity contribution is 5.74. The van der Waals surface area contributed by atoms with E-state index in [0.29, 0.717) is 19.7 Å². The molecule has 0 aromatic carbocycles. The fraction of sp³-hybridized carbons (Fsp3) is 0.750. The van der Waals surface area contributed by atoms with Crippen LogP contribution in [0.2, 0.25) is 0 Å². The standard InChI is InChI=1S/C8H12N2O2/c1-7(11)10-4-8(3-9,5-10)6-12-2/h4-6H2,1-2H3. The van der Waals surface area contributed by atoms with Gasteiger partial charge < -0.3 is 9.64 Å². The van der Waals surface area contributed by atoms with Crippen molar-refractivity contribution >= 4 is 5.91 Å². The number of ether oxygens (including phenoxy) is 1. The molecule has 0 radical (unpaired) electrons. The predicted octanol–water partition coefficient (Wildman–Crippen LogP) is 0.00488. The average molecular weight is 168 g/mol. The minimum atomic E-state index is -0.444. The molecular weight excluding hydrogens is 156 g/mol. The van der Waals surface area contributed by atoms with E-state index >= 15 is 0 Å². The summed E-state index contributed by atoms with van der Waals surface area (Å²) in [6.45, 7) is 2.93. The van der Waals surface area contributed by atoms with Crippen molar-refractivity contribution in [2.45, 2.75) is 6.92 Å². The van der Waals surface area contributed by atoms with Gasteiger partial charge in [0.25, 0.3) is 0 Å². The Bertz CT molecular complexity index is 226. The third kappa shape index (κ3) is 1.41. The van der Waals surface area contributed by atoms with E-state index in [1.807, 2.05) is 0 Å². The van der Waals surface area contributed by atoms with Crippen molar-refractivity contribution in [3.63, 3.8) is 0 Å². The van der Waals surface area contributed by atoms with Gasteiger partial charge in [0.15, 0.2) is 0 Å². The molecule has 1 rings (SSSR count). The Morgan fingerprint density at radius 3 is 2.67 bits per heavy atom. The number of carbonyl (C=O) groups is 1. The van der Waals surface area contributed by atoms with Gasteiger partial charge in [-0.2, -0.15) is 5.26 Å². The van der Waals surface area contributed by atoms with Crippen molar-refractivity contribution in [3.8, 4) is 6.07 Å². The first-order valence-electron chi connectivity index (χ1n) is 3.79. The molecule has 0 aromatic heterocycles. The molecule has 1 amide bonds. The topological polar surface area (TPSA) is 53.3 Å². The number of methoxy groups -OCH3 is 1. The summed E-state index contributed by atoms with van der Waals surface area (Å²) >= 11 is 0. The maximum atomic E-state index is 10.8. The van der Waals surface area contributed by atoms with Crippen LogP contribution in [-0.4, -0.2) is 37.6 Å². The number of amides is 1. The molecule has 4 nitrogen and oxygen atoms in total. The Morgan fingerprint density at radius 1 is 1.75 bits per heavy atom. The number of carbonyl (C=O) groups excluding carboxylic acids is 1. The normalized spacial score (nSPS) is 19.6. The zero-order valence-electron chi connectivity index (χ0n) is 7.33. The van der Waals surface area contributed by atoms with Crippen molar-refractivity contribution in [1.29, 1.82) is 5.26 Å². The van der Waals surface area contributed by atoms with Gasteiger partial charge in [-0.1, -0.05) is 0 Å². The van der Waals surface area contributed by atoms with Crippen molar-refractivity contribution in [3.05, 3.63) is 0 Å². The summed E-state index contributed by atoms with van der Waals surface area (Å²) in [6.07, 6.45) is 0. The molecule has 1 aliphatic rings. The molecule has 0 atom stereocenters. The van der Waals surface area contributed by atoms with E-state index in [4.69, 9.17) is 10.00 Å². The van der Waals surface area contributed by atoms with E-state index < -0.39 is 5.41 Å². The van der Waals surface area contributed by atoms with Gasteiger partial charge in [0.1, 0.15) is 5.41 Å². The lowest BCUT2D eigenvalue weighted by Gasteiger charge is -2.44. The molecule has 0 aromatic rings. The van der Waals surface area contributed by atoms with Crippen molar-refractivity contribution in [1.82, 2.24) is 4.90 Å². The van der Waals surface area contributed by atoms with E-state index in [0.717, 1.165) is 0 Å². The summed E-state index contributed by atoms with van der Waals surface area (Å²) < 4.78 is 4.91. The van der Waals surface area contributed by atoms with Crippen LogP contribution in [0, 0.1) is 16.7 Å². The lowest BCUT2D eigenvalue weighted by molar-refractivity contribution is -0.140. The van der Waals surface area contributed by atoms with Crippen LogP contribution < -0.4 is 0 Å². The first-order chi connectivity index (χ1) is 5.63. The quantitative estimate of drug-likeness (QED) is 0.583. The number of nitriles is 1. The van der Waals surface area contributed by atoms with Crippen LogP contribution in [0.3, 0.4) is 0 Å². The number of hydrogen-bond acceptors (Lipinski definition) is 3. The van der Waals surface area contributed by atoms with Crippen molar-refractivity contribution < 1.29 is 9.53 Å². The second kappa shape index (κ2) is 3.11. The van der Waals surface area contributed by atoms with Gasteiger partial charge in [-0.05, 0) is 0 Å². The van der Waals surface area contributed by atoms with Gasteiger partial charge >= 0.3 is 0 Å². The number of likely N-dealkylation sites (tertiary alicyclic amines) is 1. The molecule has 0 aliphatic carbocycles. The molecule has 1 aliphatic heterocycles. The van der Waals surface area contributed by atoms with Crippen LogP contribution in [0.15, 0.2) is 0 Å². The molecule has 1 fully saturated rings. The fourth-order valence-corrected chi connectivity index (χ4v) is 1.38. The second-order valence-corrected chi connectivity index (χ2v) is 3.20. The highest BCUT2D eigenvalue weighted by Crippen LogP contribution is 2.29. The fourth-order valence-electron chi connectivity index (χ4n) is 1.38. The summed E-state index contributed by atoms with van der Waals surface area (Å²) in [4.78, 5) is 12.5. The predicted molar refractivity (Wildman–Crippen MR) is 42.2 cm³/mol. The highest BCUT2D eigenvalue weighted by atomic mass is 16.5. The molecule has 66 valence electrons. The molecule has 1 heterocycles. The molecule has 0 spiro atoms. The van der Waals surface area contributed by atoms with Crippen LogP contribution in [0.25, 0.3) is 0 Å². The van der Waals surface area contributed by atoms with Gasteiger partial charge in [-0.25, -0.2) is 0 Å². The Morgan fingerprint density at radius 2 is 2.33 bits per heavy atom. The maximum Gasteiger partial charge on any atom is 0.219 e. The molecule has 4 heteroatoms. The third-order valence-electron chi connectivity index (χ3n) is 2.09. The van der Waals surface area contributed by atoms with Crippen molar-refractivity contribution in [2.24, 2.45) is 5.41 Å². The molecule has 0 saturated carbocycles. The summed E-state index contributed by atoms with van der Waals surface area (Å²) in [5, 5.41) is 8.80. The Hall–Kier alpha value is -1.08. The van der Waals surface area contributed by atoms with Crippen LogP contribution in [0.4, 0.5) is 0 Å². The van der Waals surface area contributed by atoms with E-state index in [1.165, 1.54) is 6.92 Å². The molecule has 12 heavy (non-hydrogen) atoms. The molecule has 0 N–H and O–H groups in total. The maximum absolute atomic E-state index is 10.8. The second-order valence-electron chi connectivity index (χ2n) is 3.20. The monoisotopic (exact) mass is 168 g/mol. The first kappa shape index (κ1) is 9.01. The summed E-state index contributed by atoms with van der Waals surface area (Å²) in [5.41, 5.74) is -0.444. The summed E-state index contributed by atoms with van der Waals surface area (Å²) in [5.74, 6) is 0.0250. The van der Waals surface area contributed by atoms with Gasteiger partial charge in [0.2, 0.25) is 5.91 Å². The first-order valence-corrected chi connectivity index (χ1v) is 3.79. The number of rotatable bonds is 2. The number of nitrogens with zero attached hydrogens (tertiary/aromatic N) is 2. The Labute approximate surface area is 71.7 Å². The molecule has 1 saturated heterocycles. The van der Waals surface area contributed by atoms with Gasteiger partial charge in [0, 0.05) is 27.1 Å². The van der Waals surface area contributed by atoms with Gasteiger partial charge in [-0.15, -0.1) is 0 Å². The third-order valence-corrected chi connectivity index (χ3v) is 2.09. The lowest BCUT2D eigenvalue weighted by Crippen LogP contribution is -2.59. The van der Waals surface area contributed by atoms with Gasteiger partial charge in [-0.3, -0.25) is 4.79 Å². The SMILES string of the molecule is COCC1(C#N)CN(C(C)=O)C1. The highest BCUT2D eigenvalue weighted by Gasteiger charge is 2.44. The van der Waals surface area contributed by atoms with E-state index in [-0.39, 0.29) is 5.91 Å². The largest absolute Gasteiger partial charge is 0.383 e. The van der Waals surface area contributed by atoms with E-state index in [9.17, 15) is 4.79 Å². The summed E-state index contributed by atoms with van der Waals surface area (Å²) in [7, 11) is 1.56. The molecule has 0 unspecified atom stereocenters. The Balaban J connectivity index is 2.47. The van der Waals surface area contributed by atoms with E-state index in [2.05, 4.69) is 6.07 Å². The molecule has 0 bridgehead atoms. The number of hydrogen-bond donors (Lipinski definition) is 0. The van der Waals surface area contributed by atoms with Gasteiger partial charge in [0.05, 0.1) is 12.7 Å². The smallest absolute Gasteiger partial charge is 0.219 e. The zero-order chi connectivity index (χ0) is 9.19. The summed E-state index contributed by atoms with van der Waals surface area (Å²) in [6, 6.07) is 2.18. The lowest BCUT2D eigenvalue weighted by atomic mass is 9.82. The molecular formula is C8H12N2O2. The van der Waals surface area contributed by atoms with Crippen LogP contribution in [-0.2, 0) is 9.53 Å². The average Bonchev–Trinajstić information content (AvgIpc) is 1.95. The van der Waals surface area contributed by atoms with Crippen LogP contribution >= 0.6 is 0 Å². The zero-order valence-corrected chi connectivity index (χ0v) is 7.33. The Kier molecular flexibility index (Phi) is 2.34. The van der Waals surface area contributed by atoms with Crippen LogP contribution in [0.5, 0.6) is 0 Å². The van der Waals surface area contributed by atoms with E-state index in [1.54, 1.807) is 12.0 Å².